The highest BCUT2D eigenvalue weighted by Gasteiger charge is 2.06. The summed E-state index contributed by atoms with van der Waals surface area (Å²) in [4.78, 5) is 38.8. The van der Waals surface area contributed by atoms with Crippen molar-refractivity contribution in [3.05, 3.63) is 48.6 Å². The third-order valence-electron chi connectivity index (χ3n) is 2.77. The van der Waals surface area contributed by atoms with Crippen LogP contribution in [0.5, 0.6) is 0 Å². The first-order valence-electron chi connectivity index (χ1n) is 6.86. The molecule has 0 unspecified atom stereocenters. The van der Waals surface area contributed by atoms with E-state index in [1.54, 1.807) is 0 Å². The Hall–Kier alpha value is -2.90. The van der Waals surface area contributed by atoms with E-state index in [0.29, 0.717) is 24.5 Å². The molecule has 0 spiro atoms. The second kappa shape index (κ2) is 8.40. The minimum absolute atomic E-state index is 0.253. The van der Waals surface area contributed by atoms with Crippen molar-refractivity contribution < 1.29 is 9.59 Å². The molecule has 0 bridgehead atoms. The van der Waals surface area contributed by atoms with Crippen LogP contribution in [0.1, 0.15) is 33.8 Å². The van der Waals surface area contributed by atoms with Crippen LogP contribution in [0, 0.1) is 0 Å². The molecule has 0 aromatic carbocycles. The minimum atomic E-state index is -0.253. The van der Waals surface area contributed by atoms with Crippen molar-refractivity contribution >= 4 is 11.8 Å². The Morgan fingerprint density at radius 1 is 0.773 bits per heavy atom. The molecule has 2 heterocycles. The van der Waals surface area contributed by atoms with Crippen molar-refractivity contribution in [3.8, 4) is 0 Å². The quantitative estimate of drug-likeness (QED) is 0.707. The molecule has 22 heavy (non-hydrogen) atoms. The topological polar surface area (TPSA) is 110 Å². The SMILES string of the molecule is O=C(NCCCCNC(=O)c1cnccn1)c1cnccn1. The smallest absolute Gasteiger partial charge is 0.271 e. The van der Waals surface area contributed by atoms with E-state index < -0.39 is 0 Å². The van der Waals surface area contributed by atoms with Crippen molar-refractivity contribution in [2.45, 2.75) is 12.8 Å². The number of hydrogen-bond donors (Lipinski definition) is 2. The number of carbonyl (C=O) groups excluding carboxylic acids is 2. The highest BCUT2D eigenvalue weighted by Crippen LogP contribution is 1.93. The Kier molecular flexibility index (Phi) is 5.91. The Bertz CT molecular complexity index is 550. The van der Waals surface area contributed by atoms with E-state index in [-0.39, 0.29) is 11.8 Å². The molecule has 0 fully saturated rings. The maximum atomic E-state index is 11.7. The summed E-state index contributed by atoms with van der Waals surface area (Å²) in [6.07, 6.45) is 10.3. The van der Waals surface area contributed by atoms with E-state index in [4.69, 9.17) is 0 Å². The number of aromatic nitrogens is 4. The number of nitrogens with one attached hydrogen (secondary N) is 2. The number of rotatable bonds is 7. The van der Waals surface area contributed by atoms with Crippen molar-refractivity contribution in [2.24, 2.45) is 0 Å². The van der Waals surface area contributed by atoms with Crippen LogP contribution in [-0.4, -0.2) is 44.8 Å². The number of amides is 2. The molecule has 2 aromatic heterocycles. The lowest BCUT2D eigenvalue weighted by atomic mass is 10.3. The lowest BCUT2D eigenvalue weighted by molar-refractivity contribution is 0.0934. The molecule has 2 amide bonds. The zero-order valence-corrected chi connectivity index (χ0v) is 11.9. The molecule has 114 valence electrons. The number of unbranched alkanes of at least 4 members (excludes halogenated alkanes) is 1. The summed E-state index contributed by atoms with van der Waals surface area (Å²) in [5, 5.41) is 5.48. The highest BCUT2D eigenvalue weighted by molar-refractivity contribution is 5.92. The summed E-state index contributed by atoms with van der Waals surface area (Å²) in [6, 6.07) is 0. The summed E-state index contributed by atoms with van der Waals surface area (Å²) < 4.78 is 0. The maximum Gasteiger partial charge on any atom is 0.271 e. The Balaban J connectivity index is 1.58. The second-order valence-corrected chi connectivity index (χ2v) is 4.40. The number of carbonyl (C=O) groups is 2. The first kappa shape index (κ1) is 15.5. The van der Waals surface area contributed by atoms with Gasteiger partial charge in [-0.1, -0.05) is 0 Å². The van der Waals surface area contributed by atoms with Crippen LogP contribution in [0.4, 0.5) is 0 Å². The highest BCUT2D eigenvalue weighted by atomic mass is 16.2. The van der Waals surface area contributed by atoms with Crippen molar-refractivity contribution in [1.29, 1.82) is 0 Å². The van der Waals surface area contributed by atoms with Gasteiger partial charge in [0, 0.05) is 37.9 Å². The Morgan fingerprint density at radius 2 is 1.23 bits per heavy atom. The third-order valence-corrected chi connectivity index (χ3v) is 2.77. The van der Waals surface area contributed by atoms with Crippen LogP contribution >= 0.6 is 0 Å². The standard InChI is InChI=1S/C14H16N6O2/c21-13(11-9-15-5-7-17-11)19-3-1-2-4-20-14(22)12-10-16-6-8-18-12/h5-10H,1-4H2,(H,19,21)(H,20,22). The van der Waals surface area contributed by atoms with Gasteiger partial charge in [0.2, 0.25) is 0 Å². The first-order chi connectivity index (χ1) is 10.8. The van der Waals surface area contributed by atoms with Gasteiger partial charge in [-0.15, -0.1) is 0 Å². The molecular formula is C14H16N6O2. The summed E-state index contributed by atoms with van der Waals surface area (Å²) in [5.74, 6) is -0.506. The summed E-state index contributed by atoms with van der Waals surface area (Å²) in [5.41, 5.74) is 0.580. The van der Waals surface area contributed by atoms with E-state index in [9.17, 15) is 9.59 Å². The van der Waals surface area contributed by atoms with Gasteiger partial charge in [-0.05, 0) is 12.8 Å². The first-order valence-corrected chi connectivity index (χ1v) is 6.86. The lowest BCUT2D eigenvalue weighted by Crippen LogP contribution is -2.28. The molecule has 0 atom stereocenters. The Labute approximate surface area is 127 Å². The molecule has 8 heteroatoms. The summed E-state index contributed by atoms with van der Waals surface area (Å²) in [7, 11) is 0. The molecule has 0 aliphatic rings. The van der Waals surface area contributed by atoms with Crippen LogP contribution in [0.25, 0.3) is 0 Å². The fraction of sp³-hybridized carbons (Fsp3) is 0.286. The predicted octanol–water partition coefficient (Wildman–Crippen LogP) is 0.207. The monoisotopic (exact) mass is 300 g/mol. The molecule has 2 aromatic rings. The molecule has 8 nitrogen and oxygen atoms in total. The van der Waals surface area contributed by atoms with Gasteiger partial charge in [-0.2, -0.15) is 0 Å². The normalized spacial score (nSPS) is 10.0. The average molecular weight is 300 g/mol. The fourth-order valence-electron chi connectivity index (χ4n) is 1.67. The average Bonchev–Trinajstić information content (AvgIpc) is 2.59. The van der Waals surface area contributed by atoms with Crippen molar-refractivity contribution in [3.63, 3.8) is 0 Å². The van der Waals surface area contributed by atoms with Crippen LogP contribution in [0.3, 0.4) is 0 Å². The van der Waals surface area contributed by atoms with Gasteiger partial charge in [-0.3, -0.25) is 19.6 Å². The van der Waals surface area contributed by atoms with Crippen LogP contribution < -0.4 is 10.6 Å². The molecule has 2 N–H and O–H groups in total. The van der Waals surface area contributed by atoms with Crippen molar-refractivity contribution in [2.75, 3.05) is 13.1 Å². The molecule has 0 saturated heterocycles. The van der Waals surface area contributed by atoms with E-state index in [1.165, 1.54) is 37.2 Å². The summed E-state index contributed by atoms with van der Waals surface area (Å²) in [6.45, 7) is 1.02. The van der Waals surface area contributed by atoms with E-state index in [0.717, 1.165) is 12.8 Å². The molecular weight excluding hydrogens is 284 g/mol. The summed E-state index contributed by atoms with van der Waals surface area (Å²) >= 11 is 0. The maximum absolute atomic E-state index is 11.7. The van der Waals surface area contributed by atoms with Gasteiger partial charge in [0.15, 0.2) is 0 Å². The molecule has 0 aliphatic carbocycles. The molecule has 0 aliphatic heterocycles. The largest absolute Gasteiger partial charge is 0.351 e. The Morgan fingerprint density at radius 3 is 1.59 bits per heavy atom. The minimum Gasteiger partial charge on any atom is -0.351 e. The predicted molar refractivity (Wildman–Crippen MR) is 78.0 cm³/mol. The van der Waals surface area contributed by atoms with Gasteiger partial charge < -0.3 is 10.6 Å². The van der Waals surface area contributed by atoms with E-state index in [1.807, 2.05) is 0 Å². The molecule has 0 saturated carbocycles. The molecule has 2 rings (SSSR count). The molecule has 0 radical (unpaired) electrons. The van der Waals surface area contributed by atoms with Gasteiger partial charge in [0.05, 0.1) is 12.4 Å². The zero-order valence-electron chi connectivity index (χ0n) is 11.9. The van der Waals surface area contributed by atoms with Crippen LogP contribution in [0.2, 0.25) is 0 Å². The van der Waals surface area contributed by atoms with Gasteiger partial charge >= 0.3 is 0 Å². The lowest BCUT2D eigenvalue weighted by Gasteiger charge is -2.05. The van der Waals surface area contributed by atoms with Gasteiger partial charge in [0.25, 0.3) is 11.8 Å². The van der Waals surface area contributed by atoms with Crippen molar-refractivity contribution in [1.82, 2.24) is 30.6 Å². The van der Waals surface area contributed by atoms with Crippen LogP contribution in [0.15, 0.2) is 37.2 Å². The fourth-order valence-corrected chi connectivity index (χ4v) is 1.67. The van der Waals surface area contributed by atoms with E-state index >= 15 is 0 Å². The van der Waals surface area contributed by atoms with Gasteiger partial charge in [-0.25, -0.2) is 9.97 Å². The van der Waals surface area contributed by atoms with E-state index in [2.05, 4.69) is 30.6 Å². The number of nitrogens with zero attached hydrogens (tertiary/aromatic N) is 4. The zero-order chi connectivity index (χ0) is 15.6. The van der Waals surface area contributed by atoms with Crippen LogP contribution in [-0.2, 0) is 0 Å². The third kappa shape index (κ3) is 4.89. The number of hydrogen-bond acceptors (Lipinski definition) is 6. The van der Waals surface area contributed by atoms with Gasteiger partial charge in [0.1, 0.15) is 11.4 Å². The second-order valence-electron chi connectivity index (χ2n) is 4.40.